The summed E-state index contributed by atoms with van der Waals surface area (Å²) in [4.78, 5) is 4.04. The van der Waals surface area contributed by atoms with E-state index < -0.39 is 0 Å². The van der Waals surface area contributed by atoms with Gasteiger partial charge in [0, 0.05) is 52.8 Å². The predicted octanol–water partition coefficient (Wildman–Crippen LogP) is 18.5. The van der Waals surface area contributed by atoms with Crippen molar-refractivity contribution in [2.45, 2.75) is 11.7 Å². The molecule has 14 rings (SSSR count). The highest BCUT2D eigenvalue weighted by atomic mass is 32.2. The Morgan fingerprint density at radius 3 is 1.37 bits per heavy atom. The van der Waals surface area contributed by atoms with Crippen molar-refractivity contribution in [2.75, 3.05) is 0 Å². The Bertz CT molecular complexity index is 4150. The summed E-state index contributed by atoms with van der Waals surface area (Å²) < 4.78 is 4.79. The SMILES string of the molecule is C1=C(c2ccc(-c3ccc4cc(-c5ccc6c7ccccc7n(-c7ccccc7)c6c5)ccc4c3)s2)SC(c2ccc3cc(-c4ccc5c6ccccc6n(-c6ccccc6)c5c4)ccc3c2)C1. The Balaban J connectivity index is 0.696. The molecule has 0 saturated carbocycles. The molecule has 1 aliphatic heterocycles. The molecule has 0 bridgehead atoms. The molecule has 1 unspecified atom stereocenters. The van der Waals surface area contributed by atoms with Crippen LogP contribution in [0, 0.1) is 0 Å². The van der Waals surface area contributed by atoms with Crippen LogP contribution in [0.3, 0.4) is 0 Å². The van der Waals surface area contributed by atoms with Gasteiger partial charge in [-0.3, -0.25) is 0 Å². The average Bonchev–Trinajstić information content (AvgIpc) is 4.22. The second-order valence-corrected chi connectivity index (χ2v) is 20.3. The minimum Gasteiger partial charge on any atom is -0.309 e. The van der Waals surface area contributed by atoms with E-state index >= 15 is 0 Å². The van der Waals surface area contributed by atoms with Gasteiger partial charge >= 0.3 is 0 Å². The van der Waals surface area contributed by atoms with Crippen molar-refractivity contribution in [3.8, 4) is 44.1 Å². The van der Waals surface area contributed by atoms with Crippen molar-refractivity contribution in [2.24, 2.45) is 0 Å². The van der Waals surface area contributed by atoms with Gasteiger partial charge in [0.1, 0.15) is 0 Å². The van der Waals surface area contributed by atoms with Crippen molar-refractivity contribution >= 4 is 93.2 Å². The first-order valence-electron chi connectivity index (χ1n) is 23.4. The van der Waals surface area contributed by atoms with Crippen molar-refractivity contribution in [3.63, 3.8) is 0 Å². The van der Waals surface area contributed by atoms with Crippen LogP contribution >= 0.6 is 23.1 Å². The lowest BCUT2D eigenvalue weighted by atomic mass is 9.98. The van der Waals surface area contributed by atoms with Gasteiger partial charge in [-0.15, -0.1) is 23.1 Å². The number of hydrogen-bond donors (Lipinski definition) is 0. The first-order valence-corrected chi connectivity index (χ1v) is 25.1. The molecule has 68 heavy (non-hydrogen) atoms. The first kappa shape index (κ1) is 39.3. The summed E-state index contributed by atoms with van der Waals surface area (Å²) in [6, 6.07) is 85.2. The van der Waals surface area contributed by atoms with E-state index in [0.29, 0.717) is 5.25 Å². The Hall–Kier alpha value is -7.89. The molecule has 3 aromatic heterocycles. The van der Waals surface area contributed by atoms with Crippen LogP contribution in [-0.4, -0.2) is 9.13 Å². The molecule has 4 heterocycles. The van der Waals surface area contributed by atoms with Gasteiger partial charge in [0.2, 0.25) is 0 Å². The number of hydrogen-bond acceptors (Lipinski definition) is 2. The van der Waals surface area contributed by atoms with E-state index in [2.05, 4.69) is 246 Å². The molecular weight excluding hydrogens is 861 g/mol. The fourth-order valence-corrected chi connectivity index (χ4v) is 13.1. The molecule has 0 fully saturated rings. The Labute approximate surface area is 402 Å². The standard InChI is InChI=1S/C64H42N2S2/c1-3-11-51(12-4-1)65-57-17-9-7-15-53(57)55-29-27-47(39-59(55)65)43-19-21-45-37-49(25-23-41(45)35-43)61-31-33-63(67-61)64-34-32-62(68-64)50-26-24-42-36-44(20-22-46(42)38-50)48-28-30-56-54-16-8-10-18-58(54)66(60(56)40-48)52-13-5-2-6-14-52/h1-31,33-40,62H,32H2. The molecular formula is C64H42N2S2. The maximum absolute atomic E-state index is 2.45. The van der Waals surface area contributed by atoms with Gasteiger partial charge in [-0.25, -0.2) is 0 Å². The van der Waals surface area contributed by atoms with Crippen molar-refractivity contribution in [1.29, 1.82) is 0 Å². The van der Waals surface area contributed by atoms with Gasteiger partial charge in [0.15, 0.2) is 0 Å². The molecule has 0 radical (unpaired) electrons. The lowest BCUT2D eigenvalue weighted by Crippen LogP contribution is -1.93. The van der Waals surface area contributed by atoms with Gasteiger partial charge in [-0.1, -0.05) is 158 Å². The lowest BCUT2D eigenvalue weighted by Gasteiger charge is -2.12. The van der Waals surface area contributed by atoms with Crippen LogP contribution in [-0.2, 0) is 0 Å². The molecule has 0 amide bonds. The fraction of sp³-hybridized carbons (Fsp3) is 0.0312. The minimum absolute atomic E-state index is 0.402. The van der Waals surface area contributed by atoms with Gasteiger partial charge in [-0.2, -0.15) is 0 Å². The zero-order chi connectivity index (χ0) is 44.7. The maximum Gasteiger partial charge on any atom is 0.0547 e. The van der Waals surface area contributed by atoms with Gasteiger partial charge in [0.05, 0.1) is 22.1 Å². The number of allylic oxidation sites excluding steroid dienone is 1. The van der Waals surface area contributed by atoms with Crippen LogP contribution in [0.2, 0.25) is 0 Å². The summed E-state index contributed by atoms with van der Waals surface area (Å²) in [6.07, 6.45) is 3.48. The summed E-state index contributed by atoms with van der Waals surface area (Å²) in [5.41, 5.74) is 14.8. The molecule has 2 nitrogen and oxygen atoms in total. The quantitative estimate of drug-likeness (QED) is 0.155. The smallest absolute Gasteiger partial charge is 0.0547 e. The van der Waals surface area contributed by atoms with E-state index in [1.54, 1.807) is 0 Å². The third kappa shape index (κ3) is 6.55. The highest BCUT2D eigenvalue weighted by Crippen LogP contribution is 2.51. The maximum atomic E-state index is 2.45. The molecule has 0 aliphatic carbocycles. The van der Waals surface area contributed by atoms with Crippen LogP contribution in [0.15, 0.2) is 237 Å². The second kappa shape index (κ2) is 15.9. The Morgan fingerprint density at radius 2 is 0.779 bits per heavy atom. The molecule has 320 valence electrons. The van der Waals surface area contributed by atoms with E-state index in [0.717, 1.165) is 6.42 Å². The van der Waals surface area contributed by atoms with E-state index in [1.165, 1.54) is 125 Å². The number of thioether (sulfide) groups is 1. The third-order valence-corrected chi connectivity index (χ3v) is 16.7. The summed E-state index contributed by atoms with van der Waals surface area (Å²) >= 11 is 3.91. The zero-order valence-corrected chi connectivity index (χ0v) is 38.6. The number of thiophene rings is 1. The normalized spacial score (nSPS) is 14.0. The zero-order valence-electron chi connectivity index (χ0n) is 37.0. The van der Waals surface area contributed by atoms with Crippen LogP contribution < -0.4 is 0 Å². The van der Waals surface area contributed by atoms with Crippen LogP contribution in [0.5, 0.6) is 0 Å². The molecule has 4 heteroatoms. The van der Waals surface area contributed by atoms with Gasteiger partial charge < -0.3 is 9.13 Å². The average molecular weight is 903 g/mol. The number of rotatable bonds is 7. The number of aromatic nitrogens is 2. The molecule has 0 N–H and O–H groups in total. The van der Waals surface area contributed by atoms with Crippen molar-refractivity contribution in [3.05, 3.63) is 247 Å². The highest BCUT2D eigenvalue weighted by Gasteiger charge is 2.23. The van der Waals surface area contributed by atoms with Crippen LogP contribution in [0.1, 0.15) is 22.1 Å². The monoisotopic (exact) mass is 902 g/mol. The van der Waals surface area contributed by atoms with E-state index in [1.807, 2.05) is 23.1 Å². The van der Waals surface area contributed by atoms with E-state index in [4.69, 9.17) is 0 Å². The molecule has 0 saturated heterocycles. The van der Waals surface area contributed by atoms with E-state index in [-0.39, 0.29) is 0 Å². The first-order chi connectivity index (χ1) is 33.7. The van der Waals surface area contributed by atoms with Crippen molar-refractivity contribution in [1.82, 2.24) is 9.13 Å². The number of fused-ring (bicyclic) bond motifs is 8. The third-order valence-electron chi connectivity index (χ3n) is 14.0. The molecule has 13 aromatic rings. The lowest BCUT2D eigenvalue weighted by molar-refractivity contribution is 0.994. The molecule has 10 aromatic carbocycles. The Kier molecular flexibility index (Phi) is 9.18. The molecule has 1 aliphatic rings. The fourth-order valence-electron chi connectivity index (χ4n) is 10.7. The largest absolute Gasteiger partial charge is 0.309 e. The van der Waals surface area contributed by atoms with Crippen LogP contribution in [0.25, 0.3) is 114 Å². The highest BCUT2D eigenvalue weighted by molar-refractivity contribution is 8.09. The Morgan fingerprint density at radius 1 is 0.338 bits per heavy atom. The summed E-state index contributed by atoms with van der Waals surface area (Å²) in [6.45, 7) is 0. The summed E-state index contributed by atoms with van der Waals surface area (Å²) in [5.74, 6) is 0. The summed E-state index contributed by atoms with van der Waals surface area (Å²) in [5, 5.41) is 10.6. The number of benzene rings is 10. The van der Waals surface area contributed by atoms with Crippen molar-refractivity contribution < 1.29 is 0 Å². The second-order valence-electron chi connectivity index (χ2n) is 18.0. The van der Waals surface area contributed by atoms with Gasteiger partial charge in [-0.05, 0) is 140 Å². The van der Waals surface area contributed by atoms with Crippen LogP contribution in [0.4, 0.5) is 0 Å². The summed E-state index contributed by atoms with van der Waals surface area (Å²) in [7, 11) is 0. The van der Waals surface area contributed by atoms with Gasteiger partial charge in [0.25, 0.3) is 0 Å². The van der Waals surface area contributed by atoms with E-state index in [9.17, 15) is 0 Å². The number of para-hydroxylation sites is 4. The topological polar surface area (TPSA) is 9.86 Å². The number of nitrogens with zero attached hydrogens (tertiary/aromatic N) is 2. The predicted molar refractivity (Wildman–Crippen MR) is 294 cm³/mol. The minimum atomic E-state index is 0.402. The molecule has 0 spiro atoms. The molecule has 1 atom stereocenters.